The Balaban J connectivity index is 1.82. The van der Waals surface area contributed by atoms with Crippen molar-refractivity contribution in [1.29, 1.82) is 0 Å². The molecule has 1 aliphatic heterocycles. The van der Waals surface area contributed by atoms with Gasteiger partial charge in [-0.2, -0.15) is 0 Å². The molecule has 2 heterocycles. The molecule has 96 valence electrons. The van der Waals surface area contributed by atoms with Crippen LogP contribution in [0.15, 0.2) is 12.5 Å². The second kappa shape index (κ2) is 6.17. The number of hydrogen-bond acceptors (Lipinski definition) is 3. The number of nitrogens with one attached hydrogen (secondary N) is 1. The van der Waals surface area contributed by atoms with Crippen LogP contribution in [0.3, 0.4) is 0 Å². The summed E-state index contributed by atoms with van der Waals surface area (Å²) in [5.41, 5.74) is 1.30. The van der Waals surface area contributed by atoms with Crippen LogP contribution in [0, 0.1) is 5.92 Å². The van der Waals surface area contributed by atoms with Crippen LogP contribution in [0.1, 0.15) is 38.4 Å². The lowest BCUT2D eigenvalue weighted by Crippen LogP contribution is -2.18. The van der Waals surface area contributed by atoms with E-state index in [0.717, 1.165) is 26.3 Å². The van der Waals surface area contributed by atoms with Gasteiger partial charge in [-0.15, -0.1) is 0 Å². The third-order valence-electron chi connectivity index (χ3n) is 3.09. The summed E-state index contributed by atoms with van der Waals surface area (Å²) >= 11 is 0. The zero-order chi connectivity index (χ0) is 12.1. The second-order valence-corrected chi connectivity index (χ2v) is 5.13. The Morgan fingerprint density at radius 2 is 2.47 bits per heavy atom. The third-order valence-corrected chi connectivity index (χ3v) is 3.09. The molecule has 2 rings (SSSR count). The van der Waals surface area contributed by atoms with Crippen LogP contribution in [-0.2, 0) is 11.3 Å². The lowest BCUT2D eigenvalue weighted by Gasteiger charge is -2.14. The van der Waals surface area contributed by atoms with Gasteiger partial charge in [0.05, 0.1) is 18.6 Å². The zero-order valence-electron chi connectivity index (χ0n) is 10.9. The fourth-order valence-corrected chi connectivity index (χ4v) is 2.23. The van der Waals surface area contributed by atoms with Crippen molar-refractivity contribution in [1.82, 2.24) is 14.9 Å². The average Bonchev–Trinajstić information content (AvgIpc) is 2.94. The summed E-state index contributed by atoms with van der Waals surface area (Å²) in [5, 5.41) is 3.51. The Bertz CT molecular complexity index is 329. The molecular weight excluding hydrogens is 214 g/mol. The zero-order valence-corrected chi connectivity index (χ0v) is 10.9. The fraction of sp³-hybridized carbons (Fsp3) is 0.769. The van der Waals surface area contributed by atoms with Crippen molar-refractivity contribution in [3.63, 3.8) is 0 Å². The molecule has 4 nitrogen and oxygen atoms in total. The van der Waals surface area contributed by atoms with Crippen LogP contribution in [0.25, 0.3) is 0 Å². The van der Waals surface area contributed by atoms with Crippen molar-refractivity contribution in [3.05, 3.63) is 18.2 Å². The normalized spacial score (nSPS) is 20.3. The van der Waals surface area contributed by atoms with Gasteiger partial charge in [0.1, 0.15) is 0 Å². The van der Waals surface area contributed by atoms with Gasteiger partial charge in [-0.05, 0) is 25.3 Å². The second-order valence-electron chi connectivity index (χ2n) is 5.13. The van der Waals surface area contributed by atoms with Gasteiger partial charge < -0.3 is 14.6 Å². The maximum Gasteiger partial charge on any atom is 0.0949 e. The van der Waals surface area contributed by atoms with Crippen LogP contribution < -0.4 is 5.32 Å². The highest BCUT2D eigenvalue weighted by molar-refractivity contribution is 5.07. The van der Waals surface area contributed by atoms with E-state index in [2.05, 4.69) is 28.7 Å². The highest BCUT2D eigenvalue weighted by Gasteiger charge is 2.19. The van der Waals surface area contributed by atoms with Crippen molar-refractivity contribution in [2.24, 2.45) is 5.92 Å². The van der Waals surface area contributed by atoms with Crippen molar-refractivity contribution in [2.75, 3.05) is 19.8 Å². The smallest absolute Gasteiger partial charge is 0.0949 e. The maximum atomic E-state index is 5.62. The van der Waals surface area contributed by atoms with E-state index in [1.165, 1.54) is 18.5 Å². The fourth-order valence-electron chi connectivity index (χ4n) is 2.23. The van der Waals surface area contributed by atoms with Gasteiger partial charge in [0.2, 0.25) is 0 Å². The van der Waals surface area contributed by atoms with Crippen molar-refractivity contribution in [2.45, 2.75) is 39.3 Å². The van der Waals surface area contributed by atoms with E-state index in [0.29, 0.717) is 12.0 Å². The highest BCUT2D eigenvalue weighted by atomic mass is 16.5. The van der Waals surface area contributed by atoms with Crippen LogP contribution in [0.4, 0.5) is 0 Å². The molecule has 1 fully saturated rings. The predicted octanol–water partition coefficient (Wildman–Crippen LogP) is 1.98. The summed E-state index contributed by atoms with van der Waals surface area (Å²) in [5.74, 6) is 0.605. The minimum Gasteiger partial charge on any atom is -0.379 e. The summed E-state index contributed by atoms with van der Waals surface area (Å²) in [7, 11) is 0. The van der Waals surface area contributed by atoms with Gasteiger partial charge in [0.25, 0.3) is 0 Å². The number of rotatable bonds is 6. The van der Waals surface area contributed by atoms with E-state index in [9.17, 15) is 0 Å². The van der Waals surface area contributed by atoms with Crippen molar-refractivity contribution < 1.29 is 4.74 Å². The monoisotopic (exact) mass is 237 g/mol. The standard InChI is InChI=1S/C13H23N3O/c1-11(2)9-17-7-6-16-10-14-8-13(16)12-4-3-5-15-12/h8,10-12,15H,3-7,9H2,1-2H3. The number of hydrogen-bond donors (Lipinski definition) is 1. The molecule has 1 unspecified atom stereocenters. The quantitative estimate of drug-likeness (QED) is 0.769. The van der Waals surface area contributed by atoms with E-state index in [4.69, 9.17) is 4.74 Å². The Labute approximate surface area is 103 Å². The predicted molar refractivity (Wildman–Crippen MR) is 67.9 cm³/mol. The van der Waals surface area contributed by atoms with Crippen LogP contribution in [0.2, 0.25) is 0 Å². The summed E-state index contributed by atoms with van der Waals surface area (Å²) in [4.78, 5) is 4.25. The van der Waals surface area contributed by atoms with Crippen LogP contribution in [-0.4, -0.2) is 29.3 Å². The molecule has 1 N–H and O–H groups in total. The molecule has 1 aromatic rings. The first-order chi connectivity index (χ1) is 8.27. The van der Waals surface area contributed by atoms with Gasteiger partial charge in [0, 0.05) is 25.4 Å². The SMILES string of the molecule is CC(C)COCCn1cncc1C1CCCN1. The van der Waals surface area contributed by atoms with Crippen molar-refractivity contribution >= 4 is 0 Å². The average molecular weight is 237 g/mol. The first kappa shape index (κ1) is 12.6. The molecule has 0 bridgehead atoms. The number of ether oxygens (including phenoxy) is 1. The largest absolute Gasteiger partial charge is 0.379 e. The number of imidazole rings is 1. The first-order valence-corrected chi connectivity index (χ1v) is 6.58. The third kappa shape index (κ3) is 3.54. The summed E-state index contributed by atoms with van der Waals surface area (Å²) in [6.45, 7) is 7.98. The molecule has 17 heavy (non-hydrogen) atoms. The lowest BCUT2D eigenvalue weighted by atomic mass is 10.2. The molecule has 0 spiro atoms. The molecule has 1 saturated heterocycles. The Kier molecular flexibility index (Phi) is 4.57. The molecule has 0 aliphatic carbocycles. The number of nitrogens with zero attached hydrogens (tertiary/aromatic N) is 2. The summed E-state index contributed by atoms with van der Waals surface area (Å²) < 4.78 is 7.83. The minimum atomic E-state index is 0.489. The Morgan fingerprint density at radius 3 is 3.18 bits per heavy atom. The number of aromatic nitrogens is 2. The van der Waals surface area contributed by atoms with E-state index < -0.39 is 0 Å². The maximum absolute atomic E-state index is 5.62. The van der Waals surface area contributed by atoms with E-state index >= 15 is 0 Å². The van der Waals surface area contributed by atoms with E-state index in [1.807, 2.05) is 12.5 Å². The first-order valence-electron chi connectivity index (χ1n) is 6.58. The van der Waals surface area contributed by atoms with Crippen LogP contribution >= 0.6 is 0 Å². The van der Waals surface area contributed by atoms with E-state index in [-0.39, 0.29) is 0 Å². The summed E-state index contributed by atoms with van der Waals surface area (Å²) in [6.07, 6.45) is 6.37. The minimum absolute atomic E-state index is 0.489. The Hall–Kier alpha value is -0.870. The van der Waals surface area contributed by atoms with Crippen LogP contribution in [0.5, 0.6) is 0 Å². The molecule has 1 atom stereocenters. The lowest BCUT2D eigenvalue weighted by molar-refractivity contribution is 0.102. The molecule has 0 radical (unpaired) electrons. The molecule has 4 heteroatoms. The highest BCUT2D eigenvalue weighted by Crippen LogP contribution is 2.22. The molecule has 1 aromatic heterocycles. The topological polar surface area (TPSA) is 39.1 Å². The Morgan fingerprint density at radius 1 is 1.59 bits per heavy atom. The van der Waals surface area contributed by atoms with Gasteiger partial charge >= 0.3 is 0 Å². The molecular formula is C13H23N3O. The molecule has 1 aliphatic rings. The van der Waals surface area contributed by atoms with Gasteiger partial charge in [0.15, 0.2) is 0 Å². The van der Waals surface area contributed by atoms with Gasteiger partial charge in [-0.1, -0.05) is 13.8 Å². The molecule has 0 amide bonds. The molecule has 0 aromatic carbocycles. The van der Waals surface area contributed by atoms with E-state index in [1.54, 1.807) is 0 Å². The van der Waals surface area contributed by atoms with Gasteiger partial charge in [-0.3, -0.25) is 0 Å². The van der Waals surface area contributed by atoms with Gasteiger partial charge in [-0.25, -0.2) is 4.98 Å². The molecule has 0 saturated carbocycles. The summed E-state index contributed by atoms with van der Waals surface area (Å²) in [6, 6.07) is 0.489. The van der Waals surface area contributed by atoms with Crippen molar-refractivity contribution in [3.8, 4) is 0 Å².